The molecule has 0 spiro atoms. The number of imide groups is 1. The fourth-order valence-corrected chi connectivity index (χ4v) is 4.35. The predicted molar refractivity (Wildman–Crippen MR) is 105 cm³/mol. The number of carbonyl (C=O) groups is 2. The average Bonchev–Trinajstić information content (AvgIpc) is 3.01. The van der Waals surface area contributed by atoms with E-state index in [1.54, 1.807) is 0 Å². The van der Waals surface area contributed by atoms with Gasteiger partial charge in [-0.15, -0.1) is 0 Å². The Bertz CT molecular complexity index is 829. The molecule has 2 saturated heterocycles. The third-order valence-electron chi connectivity index (χ3n) is 6.00. The molecule has 4 rings (SSSR count). The van der Waals surface area contributed by atoms with Crippen LogP contribution in [-0.4, -0.2) is 47.3 Å². The smallest absolute Gasteiger partial charge is 0.247 e. The van der Waals surface area contributed by atoms with Crippen molar-refractivity contribution in [2.24, 2.45) is 0 Å². The molecule has 0 bridgehead atoms. The zero-order chi connectivity index (χ0) is 19.5. The topological polar surface area (TPSA) is 40.6 Å². The predicted octanol–water partition coefficient (Wildman–Crippen LogP) is 3.38. The highest BCUT2D eigenvalue weighted by atomic mass is 19.1. The summed E-state index contributed by atoms with van der Waals surface area (Å²) in [5.74, 6) is 0.0536. The Morgan fingerprint density at radius 3 is 2.29 bits per heavy atom. The summed E-state index contributed by atoms with van der Waals surface area (Å²) in [5.41, 5.74) is 2.28. The Morgan fingerprint density at radius 2 is 1.61 bits per heavy atom. The maximum Gasteiger partial charge on any atom is 0.247 e. The zero-order valence-electron chi connectivity index (χ0n) is 15.9. The van der Waals surface area contributed by atoms with Crippen LogP contribution in [-0.2, 0) is 16.0 Å². The molecule has 2 heterocycles. The Balaban J connectivity index is 1.33. The van der Waals surface area contributed by atoms with Gasteiger partial charge in [0.2, 0.25) is 11.8 Å². The Morgan fingerprint density at radius 1 is 0.929 bits per heavy atom. The molecule has 2 amide bonds. The standard InChI is InChI=1S/C23H25FN2O2/c24-20-8-6-18(7-9-20)19-11-13-25(14-12-19)21-16-22(27)26(23(21)28)15-10-17-4-2-1-3-5-17/h1-9,19,21H,10-16H2. The van der Waals surface area contributed by atoms with Gasteiger partial charge >= 0.3 is 0 Å². The van der Waals surface area contributed by atoms with Gasteiger partial charge in [-0.25, -0.2) is 4.39 Å². The summed E-state index contributed by atoms with van der Waals surface area (Å²) < 4.78 is 13.1. The molecule has 1 unspecified atom stereocenters. The first kappa shape index (κ1) is 18.8. The van der Waals surface area contributed by atoms with Crippen LogP contribution in [0.5, 0.6) is 0 Å². The number of rotatable bonds is 5. The van der Waals surface area contributed by atoms with Crippen LogP contribution in [0.3, 0.4) is 0 Å². The van der Waals surface area contributed by atoms with Gasteiger partial charge in [0, 0.05) is 6.54 Å². The molecule has 0 radical (unpaired) electrons. The van der Waals surface area contributed by atoms with Gasteiger partial charge in [0.25, 0.3) is 0 Å². The Kier molecular flexibility index (Phi) is 5.53. The highest BCUT2D eigenvalue weighted by Gasteiger charge is 2.42. The van der Waals surface area contributed by atoms with Crippen molar-refractivity contribution in [3.8, 4) is 0 Å². The summed E-state index contributed by atoms with van der Waals surface area (Å²) in [6.07, 6.45) is 2.83. The Labute approximate surface area is 164 Å². The molecule has 5 heteroatoms. The fourth-order valence-electron chi connectivity index (χ4n) is 4.35. The number of piperidine rings is 1. The second-order valence-electron chi connectivity index (χ2n) is 7.70. The van der Waals surface area contributed by atoms with E-state index in [4.69, 9.17) is 0 Å². The minimum atomic E-state index is -0.322. The summed E-state index contributed by atoms with van der Waals surface area (Å²) in [6, 6.07) is 16.3. The molecule has 28 heavy (non-hydrogen) atoms. The van der Waals surface area contributed by atoms with E-state index in [9.17, 15) is 14.0 Å². The minimum Gasteiger partial charge on any atom is -0.291 e. The van der Waals surface area contributed by atoms with Gasteiger partial charge in [0.15, 0.2) is 0 Å². The quantitative estimate of drug-likeness (QED) is 0.747. The number of halogens is 1. The molecular weight excluding hydrogens is 355 g/mol. The summed E-state index contributed by atoms with van der Waals surface area (Å²) in [4.78, 5) is 28.9. The number of hydrogen-bond acceptors (Lipinski definition) is 3. The first-order chi connectivity index (χ1) is 13.6. The SMILES string of the molecule is O=C1CC(N2CCC(c3ccc(F)cc3)CC2)C(=O)N1CCc1ccccc1. The van der Waals surface area contributed by atoms with Crippen molar-refractivity contribution < 1.29 is 14.0 Å². The lowest BCUT2D eigenvalue weighted by Gasteiger charge is -2.35. The van der Waals surface area contributed by atoms with Crippen LogP contribution >= 0.6 is 0 Å². The number of hydrogen-bond donors (Lipinski definition) is 0. The third kappa shape index (κ3) is 3.99. The van der Waals surface area contributed by atoms with Crippen molar-refractivity contribution in [3.05, 3.63) is 71.5 Å². The lowest BCUT2D eigenvalue weighted by atomic mass is 9.89. The van der Waals surface area contributed by atoms with Crippen molar-refractivity contribution in [1.82, 2.24) is 9.80 Å². The number of benzene rings is 2. The van der Waals surface area contributed by atoms with E-state index in [2.05, 4.69) is 4.90 Å². The van der Waals surface area contributed by atoms with E-state index >= 15 is 0 Å². The largest absolute Gasteiger partial charge is 0.291 e. The van der Waals surface area contributed by atoms with Crippen LogP contribution in [0, 0.1) is 5.82 Å². The highest BCUT2D eigenvalue weighted by Crippen LogP contribution is 2.31. The molecule has 146 valence electrons. The molecule has 4 nitrogen and oxygen atoms in total. The zero-order valence-corrected chi connectivity index (χ0v) is 15.9. The van der Waals surface area contributed by atoms with Gasteiger partial charge in [0.05, 0.1) is 12.5 Å². The van der Waals surface area contributed by atoms with Crippen LogP contribution < -0.4 is 0 Å². The van der Waals surface area contributed by atoms with Gasteiger partial charge in [-0.3, -0.25) is 19.4 Å². The molecular formula is C23H25FN2O2. The van der Waals surface area contributed by atoms with Crippen LogP contribution in [0.15, 0.2) is 54.6 Å². The van der Waals surface area contributed by atoms with Crippen LogP contribution in [0.1, 0.15) is 36.3 Å². The van der Waals surface area contributed by atoms with Gasteiger partial charge in [-0.05, 0) is 61.5 Å². The van der Waals surface area contributed by atoms with Crippen LogP contribution in [0.25, 0.3) is 0 Å². The van der Waals surface area contributed by atoms with E-state index in [1.165, 1.54) is 17.0 Å². The third-order valence-corrected chi connectivity index (χ3v) is 6.00. The first-order valence-corrected chi connectivity index (χ1v) is 9.99. The fraction of sp³-hybridized carbons (Fsp3) is 0.391. The monoisotopic (exact) mass is 380 g/mol. The number of amides is 2. The van der Waals surface area contributed by atoms with Crippen molar-refractivity contribution in [1.29, 1.82) is 0 Å². The van der Waals surface area contributed by atoms with Crippen molar-refractivity contribution >= 4 is 11.8 Å². The maximum absolute atomic E-state index is 13.1. The van der Waals surface area contributed by atoms with Gasteiger partial charge in [0.1, 0.15) is 5.82 Å². The van der Waals surface area contributed by atoms with E-state index in [0.29, 0.717) is 18.9 Å². The Hall–Kier alpha value is -2.53. The van der Waals surface area contributed by atoms with Crippen LogP contribution in [0.4, 0.5) is 4.39 Å². The van der Waals surface area contributed by atoms with Gasteiger partial charge in [-0.1, -0.05) is 42.5 Å². The van der Waals surface area contributed by atoms with E-state index in [0.717, 1.165) is 37.1 Å². The van der Waals surface area contributed by atoms with E-state index in [1.807, 2.05) is 42.5 Å². The summed E-state index contributed by atoms with van der Waals surface area (Å²) >= 11 is 0. The maximum atomic E-state index is 13.1. The number of nitrogens with zero attached hydrogens (tertiary/aromatic N) is 2. The number of carbonyl (C=O) groups excluding carboxylic acids is 2. The molecule has 0 N–H and O–H groups in total. The first-order valence-electron chi connectivity index (χ1n) is 9.99. The summed E-state index contributed by atoms with van der Waals surface area (Å²) in [5, 5.41) is 0. The lowest BCUT2D eigenvalue weighted by molar-refractivity contribution is -0.139. The van der Waals surface area contributed by atoms with Crippen molar-refractivity contribution in [3.63, 3.8) is 0 Å². The molecule has 2 aliphatic heterocycles. The number of likely N-dealkylation sites (tertiary alicyclic amines) is 2. The minimum absolute atomic E-state index is 0.0545. The normalized spacial score (nSPS) is 21.5. The second kappa shape index (κ2) is 8.23. The molecule has 0 aromatic heterocycles. The van der Waals surface area contributed by atoms with Crippen LogP contribution in [0.2, 0.25) is 0 Å². The van der Waals surface area contributed by atoms with Gasteiger partial charge < -0.3 is 0 Å². The molecule has 2 fully saturated rings. The molecule has 2 aromatic rings. The van der Waals surface area contributed by atoms with E-state index < -0.39 is 0 Å². The highest BCUT2D eigenvalue weighted by molar-refractivity contribution is 6.05. The lowest BCUT2D eigenvalue weighted by Crippen LogP contribution is -2.45. The summed E-state index contributed by atoms with van der Waals surface area (Å²) in [6.45, 7) is 2.03. The molecule has 0 saturated carbocycles. The molecule has 0 aliphatic carbocycles. The average molecular weight is 380 g/mol. The van der Waals surface area contributed by atoms with Crippen molar-refractivity contribution in [2.45, 2.75) is 37.6 Å². The molecule has 2 aromatic carbocycles. The second-order valence-corrected chi connectivity index (χ2v) is 7.70. The molecule has 1 atom stereocenters. The molecule has 2 aliphatic rings. The van der Waals surface area contributed by atoms with Gasteiger partial charge in [-0.2, -0.15) is 0 Å². The summed E-state index contributed by atoms with van der Waals surface area (Å²) in [7, 11) is 0. The van der Waals surface area contributed by atoms with Crippen molar-refractivity contribution in [2.75, 3.05) is 19.6 Å². The van der Waals surface area contributed by atoms with E-state index in [-0.39, 0.29) is 30.1 Å².